The van der Waals surface area contributed by atoms with Gasteiger partial charge in [-0.15, -0.1) is 0 Å². The maximum absolute atomic E-state index is 12.3. The Kier molecular flexibility index (Phi) is 10.4. The van der Waals surface area contributed by atoms with Crippen molar-refractivity contribution in [2.45, 2.75) is 66.2 Å². The average molecular weight is 495 g/mol. The van der Waals surface area contributed by atoms with Crippen molar-refractivity contribution in [3.63, 3.8) is 0 Å². The molecule has 0 aliphatic heterocycles. The minimum absolute atomic E-state index is 0.177. The van der Waals surface area contributed by atoms with Crippen molar-refractivity contribution in [3.8, 4) is 11.5 Å². The lowest BCUT2D eigenvalue weighted by molar-refractivity contribution is -0.146. The van der Waals surface area contributed by atoms with Crippen LogP contribution in [0.2, 0.25) is 0 Å². The van der Waals surface area contributed by atoms with Crippen LogP contribution in [0.25, 0.3) is 21.5 Å². The van der Waals surface area contributed by atoms with E-state index in [0.29, 0.717) is 24.7 Å². The molecule has 0 atom stereocenters. The molecule has 0 N–H and O–H groups in total. The summed E-state index contributed by atoms with van der Waals surface area (Å²) < 4.78 is 22.8. The van der Waals surface area contributed by atoms with Crippen LogP contribution in [0.15, 0.2) is 36.4 Å². The lowest BCUT2D eigenvalue weighted by Crippen LogP contribution is -2.17. The van der Waals surface area contributed by atoms with Gasteiger partial charge in [-0.1, -0.05) is 64.8 Å². The maximum atomic E-state index is 12.3. The molecule has 0 unspecified atom stereocenters. The molecule has 0 bridgehead atoms. The minimum atomic E-state index is -0.392. The van der Waals surface area contributed by atoms with Gasteiger partial charge in [-0.3, -0.25) is 0 Å². The molecule has 0 spiro atoms. The van der Waals surface area contributed by atoms with Gasteiger partial charge < -0.3 is 18.9 Å². The minimum Gasteiger partial charge on any atom is -0.481 e. The first-order valence-corrected chi connectivity index (χ1v) is 13.1. The van der Waals surface area contributed by atoms with Crippen molar-refractivity contribution in [3.05, 3.63) is 47.5 Å². The van der Waals surface area contributed by atoms with E-state index in [9.17, 15) is 9.59 Å². The van der Waals surface area contributed by atoms with E-state index in [1.165, 1.54) is 0 Å². The summed E-state index contributed by atoms with van der Waals surface area (Å²) in [5.41, 5.74) is 2.26. The second kappa shape index (κ2) is 13.7. The van der Waals surface area contributed by atoms with Crippen LogP contribution in [-0.2, 0) is 31.9 Å². The molecule has 0 aliphatic carbocycles. The summed E-state index contributed by atoms with van der Waals surface area (Å²) in [7, 11) is 0. The third kappa shape index (κ3) is 6.90. The molecule has 3 aromatic carbocycles. The van der Waals surface area contributed by atoms with E-state index in [0.717, 1.165) is 71.2 Å². The zero-order valence-electron chi connectivity index (χ0n) is 22.0. The number of aryl methyl sites for hydroxylation is 2. The van der Waals surface area contributed by atoms with E-state index in [4.69, 9.17) is 18.9 Å². The molecule has 0 aromatic heterocycles. The number of carbonyl (C=O) groups is 2. The zero-order valence-corrected chi connectivity index (χ0v) is 22.0. The normalized spacial score (nSPS) is 11.0. The fourth-order valence-electron chi connectivity index (χ4n) is 4.00. The van der Waals surface area contributed by atoms with Crippen LogP contribution in [0, 0.1) is 0 Å². The number of hydrogen-bond donors (Lipinski definition) is 0. The topological polar surface area (TPSA) is 71.1 Å². The molecule has 6 heteroatoms. The molecule has 0 aliphatic rings. The summed E-state index contributed by atoms with van der Waals surface area (Å²) in [5.74, 6) is 0.444. The van der Waals surface area contributed by atoms with Gasteiger partial charge in [-0.05, 0) is 48.9 Å². The number of carbonyl (C=O) groups excluding carboxylic acids is 2. The number of ether oxygens (including phenoxy) is 4. The highest BCUT2D eigenvalue weighted by Gasteiger charge is 2.19. The lowest BCUT2D eigenvalue weighted by Gasteiger charge is -2.19. The molecule has 0 fully saturated rings. The van der Waals surface area contributed by atoms with Gasteiger partial charge in [0, 0.05) is 21.5 Å². The number of unbranched alkanes of at least 4 members (excludes halogenated alkanes) is 2. The average Bonchev–Trinajstić information content (AvgIpc) is 2.90. The lowest BCUT2D eigenvalue weighted by atomic mass is 9.96. The van der Waals surface area contributed by atoms with Crippen LogP contribution in [0.5, 0.6) is 11.5 Å². The van der Waals surface area contributed by atoms with E-state index in [1.807, 2.05) is 38.1 Å². The standard InChI is InChI=1S/C30H38O6/c1-5-9-15-33-27(31)19-35-29-23-13-11-22(8-4)18-26(23)30(36-20-28(32)34-16-10-6-2)24-14-12-21(7-3)17-25(24)29/h11-14,17-18H,5-10,15-16,19-20H2,1-4H3. The van der Waals surface area contributed by atoms with E-state index >= 15 is 0 Å². The van der Waals surface area contributed by atoms with Gasteiger partial charge in [0.05, 0.1) is 13.2 Å². The molecular weight excluding hydrogens is 456 g/mol. The van der Waals surface area contributed by atoms with Gasteiger partial charge >= 0.3 is 11.9 Å². The number of benzene rings is 3. The quantitative estimate of drug-likeness (QED) is 0.144. The first-order chi connectivity index (χ1) is 17.5. The highest BCUT2D eigenvalue weighted by Crippen LogP contribution is 2.43. The van der Waals surface area contributed by atoms with Gasteiger partial charge in [0.15, 0.2) is 13.2 Å². The smallest absolute Gasteiger partial charge is 0.344 e. The molecule has 194 valence electrons. The van der Waals surface area contributed by atoms with Gasteiger partial charge in [0.1, 0.15) is 11.5 Å². The maximum Gasteiger partial charge on any atom is 0.344 e. The molecular formula is C30H38O6. The van der Waals surface area contributed by atoms with Crippen molar-refractivity contribution in [2.75, 3.05) is 26.4 Å². The van der Waals surface area contributed by atoms with Crippen LogP contribution in [0.4, 0.5) is 0 Å². The predicted molar refractivity (Wildman–Crippen MR) is 143 cm³/mol. The van der Waals surface area contributed by atoms with Crippen molar-refractivity contribution in [1.29, 1.82) is 0 Å². The number of rotatable bonds is 14. The molecule has 3 aromatic rings. The zero-order chi connectivity index (χ0) is 25.9. The molecule has 0 heterocycles. The number of esters is 2. The highest BCUT2D eigenvalue weighted by atomic mass is 16.6. The van der Waals surface area contributed by atoms with Crippen LogP contribution in [0.3, 0.4) is 0 Å². The monoisotopic (exact) mass is 494 g/mol. The molecule has 0 saturated carbocycles. The molecule has 0 amide bonds. The molecule has 36 heavy (non-hydrogen) atoms. The van der Waals surface area contributed by atoms with Gasteiger partial charge in [-0.25, -0.2) is 9.59 Å². The summed E-state index contributed by atoms with van der Waals surface area (Å²) >= 11 is 0. The predicted octanol–water partition coefficient (Wildman–Crippen LogP) is 6.56. The van der Waals surface area contributed by atoms with Crippen LogP contribution in [-0.4, -0.2) is 38.4 Å². The molecule has 6 nitrogen and oxygen atoms in total. The van der Waals surface area contributed by atoms with Crippen molar-refractivity contribution < 1.29 is 28.5 Å². The Hall–Kier alpha value is -3.28. The Morgan fingerprint density at radius 3 is 1.39 bits per heavy atom. The molecule has 0 radical (unpaired) electrons. The Morgan fingerprint density at radius 2 is 1.03 bits per heavy atom. The fourth-order valence-corrected chi connectivity index (χ4v) is 4.00. The second-order valence-corrected chi connectivity index (χ2v) is 8.85. The Morgan fingerprint density at radius 1 is 0.611 bits per heavy atom. The first-order valence-electron chi connectivity index (χ1n) is 13.1. The van der Waals surface area contributed by atoms with E-state index in [2.05, 4.69) is 26.0 Å². The first kappa shape index (κ1) is 27.3. The summed E-state index contributed by atoms with van der Waals surface area (Å²) in [6.07, 6.45) is 5.25. The Bertz CT molecular complexity index is 1090. The van der Waals surface area contributed by atoms with Crippen molar-refractivity contribution >= 4 is 33.5 Å². The van der Waals surface area contributed by atoms with Gasteiger partial charge in [-0.2, -0.15) is 0 Å². The molecule has 3 rings (SSSR count). The summed E-state index contributed by atoms with van der Waals surface area (Å²) in [6, 6.07) is 12.2. The van der Waals surface area contributed by atoms with Crippen LogP contribution < -0.4 is 9.47 Å². The summed E-state index contributed by atoms with van der Waals surface area (Å²) in [4.78, 5) is 24.6. The largest absolute Gasteiger partial charge is 0.481 e. The van der Waals surface area contributed by atoms with E-state index in [1.54, 1.807) is 0 Å². The Labute approximate surface area is 213 Å². The van der Waals surface area contributed by atoms with Crippen molar-refractivity contribution in [1.82, 2.24) is 0 Å². The van der Waals surface area contributed by atoms with Crippen LogP contribution in [0.1, 0.15) is 64.5 Å². The Balaban J connectivity index is 2.05. The summed E-state index contributed by atoms with van der Waals surface area (Å²) in [6.45, 7) is 8.70. The number of fused-ring (bicyclic) bond motifs is 2. The third-order valence-electron chi connectivity index (χ3n) is 6.15. The van der Waals surface area contributed by atoms with Gasteiger partial charge in [0.2, 0.25) is 0 Å². The van der Waals surface area contributed by atoms with E-state index < -0.39 is 11.9 Å². The third-order valence-corrected chi connectivity index (χ3v) is 6.15. The molecule has 0 saturated heterocycles. The SMILES string of the molecule is CCCCOC(=O)COc1c2ccc(CC)cc2c(OCC(=O)OCCCC)c2ccc(CC)cc12. The number of hydrogen-bond acceptors (Lipinski definition) is 6. The second-order valence-electron chi connectivity index (χ2n) is 8.85. The highest BCUT2D eigenvalue weighted by molar-refractivity contribution is 6.11. The van der Waals surface area contributed by atoms with Gasteiger partial charge in [0.25, 0.3) is 0 Å². The summed E-state index contributed by atoms with van der Waals surface area (Å²) in [5, 5.41) is 3.32. The van der Waals surface area contributed by atoms with Crippen LogP contribution >= 0.6 is 0 Å². The van der Waals surface area contributed by atoms with Crippen molar-refractivity contribution in [2.24, 2.45) is 0 Å². The van der Waals surface area contributed by atoms with E-state index in [-0.39, 0.29) is 13.2 Å². The fraction of sp³-hybridized carbons (Fsp3) is 0.467.